The van der Waals surface area contributed by atoms with E-state index >= 15 is 0 Å². The summed E-state index contributed by atoms with van der Waals surface area (Å²) in [6.45, 7) is 4.09. The number of rotatable bonds is 3. The first kappa shape index (κ1) is 11.9. The Bertz CT molecular complexity index is 239. The van der Waals surface area contributed by atoms with Gasteiger partial charge in [-0.2, -0.15) is 0 Å². The zero-order valence-electron chi connectivity index (χ0n) is 9.86. The number of nitrogens with zero attached hydrogens (tertiary/aromatic N) is 1. The molecule has 2 aliphatic rings. The lowest BCUT2D eigenvalue weighted by Crippen LogP contribution is -2.37. The lowest BCUT2D eigenvalue weighted by atomic mass is 9.99. The van der Waals surface area contributed by atoms with E-state index in [1.165, 1.54) is 0 Å². The fourth-order valence-electron chi connectivity index (χ4n) is 2.71. The maximum atomic E-state index is 12.2. The fourth-order valence-corrected chi connectivity index (χ4v) is 2.71. The number of likely N-dealkylation sites (tertiary alicyclic amines) is 1. The van der Waals surface area contributed by atoms with Gasteiger partial charge in [0.1, 0.15) is 0 Å². The van der Waals surface area contributed by atoms with Gasteiger partial charge < -0.3 is 15.4 Å². The van der Waals surface area contributed by atoms with Gasteiger partial charge in [-0.15, -0.1) is 0 Å². The van der Waals surface area contributed by atoms with Crippen LogP contribution in [0, 0.1) is 11.8 Å². The Morgan fingerprint density at radius 3 is 2.75 bits per heavy atom. The Hall–Kier alpha value is -0.610. The summed E-state index contributed by atoms with van der Waals surface area (Å²) in [7, 11) is 0. The van der Waals surface area contributed by atoms with Crippen LogP contribution in [0.1, 0.15) is 25.7 Å². The first-order valence-corrected chi connectivity index (χ1v) is 6.38. The minimum atomic E-state index is 0.213. The van der Waals surface area contributed by atoms with Gasteiger partial charge in [-0.3, -0.25) is 4.79 Å². The van der Waals surface area contributed by atoms with Crippen molar-refractivity contribution in [3.63, 3.8) is 0 Å². The van der Waals surface area contributed by atoms with Crippen LogP contribution in [0.15, 0.2) is 0 Å². The number of hydrogen-bond acceptors (Lipinski definition) is 3. The molecule has 0 bridgehead atoms. The van der Waals surface area contributed by atoms with E-state index in [2.05, 4.69) is 0 Å². The number of amides is 1. The Morgan fingerprint density at radius 2 is 2.06 bits per heavy atom. The molecule has 0 saturated carbocycles. The highest BCUT2D eigenvalue weighted by molar-refractivity contribution is 5.79. The van der Waals surface area contributed by atoms with Gasteiger partial charge >= 0.3 is 0 Å². The molecule has 2 saturated heterocycles. The number of hydrogen-bond donors (Lipinski definition) is 1. The molecular weight excluding hydrogens is 204 g/mol. The molecule has 0 radical (unpaired) electrons. The van der Waals surface area contributed by atoms with E-state index in [1.54, 1.807) is 0 Å². The summed E-state index contributed by atoms with van der Waals surface area (Å²) in [5.74, 6) is 1.20. The van der Waals surface area contributed by atoms with Crippen molar-refractivity contribution in [2.45, 2.75) is 25.7 Å². The largest absolute Gasteiger partial charge is 0.381 e. The fraction of sp³-hybridized carbons (Fsp3) is 0.917. The molecule has 2 heterocycles. The molecule has 2 N–H and O–H groups in total. The highest BCUT2D eigenvalue weighted by atomic mass is 16.5. The summed E-state index contributed by atoms with van der Waals surface area (Å²) in [5.41, 5.74) is 5.55. The zero-order valence-corrected chi connectivity index (χ0v) is 9.86. The van der Waals surface area contributed by atoms with Crippen molar-refractivity contribution in [3.8, 4) is 0 Å². The molecule has 2 fully saturated rings. The number of carbonyl (C=O) groups is 1. The maximum absolute atomic E-state index is 12.2. The van der Waals surface area contributed by atoms with Crippen LogP contribution < -0.4 is 5.73 Å². The summed E-state index contributed by atoms with van der Waals surface area (Å²) in [5, 5.41) is 0. The van der Waals surface area contributed by atoms with Gasteiger partial charge in [0, 0.05) is 32.2 Å². The van der Waals surface area contributed by atoms with Gasteiger partial charge in [-0.25, -0.2) is 0 Å². The van der Waals surface area contributed by atoms with Gasteiger partial charge in [0.05, 0.1) is 0 Å². The van der Waals surface area contributed by atoms with Crippen LogP contribution in [-0.2, 0) is 9.53 Å². The van der Waals surface area contributed by atoms with Crippen LogP contribution in [0.25, 0.3) is 0 Å². The Morgan fingerprint density at radius 1 is 1.31 bits per heavy atom. The van der Waals surface area contributed by atoms with Crippen molar-refractivity contribution in [2.75, 3.05) is 32.8 Å². The molecule has 0 aromatic rings. The van der Waals surface area contributed by atoms with Crippen molar-refractivity contribution >= 4 is 5.91 Å². The second kappa shape index (κ2) is 5.64. The topological polar surface area (TPSA) is 55.6 Å². The molecule has 4 heteroatoms. The molecule has 1 atom stereocenters. The quantitative estimate of drug-likeness (QED) is 0.767. The molecule has 0 spiro atoms. The molecule has 1 amide bonds. The van der Waals surface area contributed by atoms with Gasteiger partial charge in [0.15, 0.2) is 0 Å². The highest BCUT2D eigenvalue weighted by Gasteiger charge is 2.31. The molecule has 16 heavy (non-hydrogen) atoms. The Balaban J connectivity index is 1.81. The standard InChI is InChI=1S/C12H22N2O2/c13-5-1-10-2-6-14(9-10)12(15)11-3-7-16-8-4-11/h10-11H,1-9,13H2. The minimum Gasteiger partial charge on any atom is -0.381 e. The first-order chi connectivity index (χ1) is 7.81. The minimum absolute atomic E-state index is 0.213. The molecule has 1 unspecified atom stereocenters. The monoisotopic (exact) mass is 226 g/mol. The van der Waals surface area contributed by atoms with Crippen LogP contribution in [-0.4, -0.2) is 43.7 Å². The summed E-state index contributed by atoms with van der Waals surface area (Å²) in [6.07, 6.45) is 3.98. The molecule has 0 aromatic heterocycles. The lowest BCUT2D eigenvalue weighted by molar-refractivity contribution is -0.137. The van der Waals surface area contributed by atoms with E-state index in [4.69, 9.17) is 10.5 Å². The van der Waals surface area contributed by atoms with Gasteiger partial charge in [0.2, 0.25) is 5.91 Å². The third kappa shape index (κ3) is 2.74. The predicted octanol–water partition coefficient (Wildman–Crippen LogP) is 0.610. The number of ether oxygens (including phenoxy) is 1. The van der Waals surface area contributed by atoms with Crippen LogP contribution >= 0.6 is 0 Å². The lowest BCUT2D eigenvalue weighted by Gasteiger charge is -2.26. The van der Waals surface area contributed by atoms with Gasteiger partial charge in [-0.05, 0) is 38.1 Å². The summed E-state index contributed by atoms with van der Waals surface area (Å²) in [4.78, 5) is 14.2. The second-order valence-electron chi connectivity index (χ2n) is 4.90. The van der Waals surface area contributed by atoms with E-state index in [0.717, 1.165) is 58.5 Å². The second-order valence-corrected chi connectivity index (χ2v) is 4.90. The van der Waals surface area contributed by atoms with Gasteiger partial charge in [-0.1, -0.05) is 0 Å². The average molecular weight is 226 g/mol. The highest BCUT2D eigenvalue weighted by Crippen LogP contribution is 2.24. The SMILES string of the molecule is NCCC1CCN(C(=O)C2CCOCC2)C1. The third-order valence-corrected chi connectivity index (χ3v) is 3.74. The van der Waals surface area contributed by atoms with Crippen LogP contribution in [0.2, 0.25) is 0 Å². The van der Waals surface area contributed by atoms with E-state index in [9.17, 15) is 4.79 Å². The van der Waals surface area contributed by atoms with E-state index in [0.29, 0.717) is 11.8 Å². The predicted molar refractivity (Wildman–Crippen MR) is 61.9 cm³/mol. The van der Waals surface area contributed by atoms with E-state index < -0.39 is 0 Å². The van der Waals surface area contributed by atoms with Crippen molar-refractivity contribution in [1.29, 1.82) is 0 Å². The molecule has 4 nitrogen and oxygen atoms in total. The normalized spacial score (nSPS) is 27.3. The van der Waals surface area contributed by atoms with Crippen LogP contribution in [0.5, 0.6) is 0 Å². The van der Waals surface area contributed by atoms with E-state index in [1.807, 2.05) is 4.90 Å². The number of nitrogens with two attached hydrogens (primary N) is 1. The molecular formula is C12H22N2O2. The van der Waals surface area contributed by atoms with Crippen molar-refractivity contribution in [3.05, 3.63) is 0 Å². The molecule has 0 aromatic carbocycles. The first-order valence-electron chi connectivity index (χ1n) is 6.38. The summed E-state index contributed by atoms with van der Waals surface area (Å²) >= 11 is 0. The van der Waals surface area contributed by atoms with E-state index in [-0.39, 0.29) is 5.92 Å². The van der Waals surface area contributed by atoms with Crippen molar-refractivity contribution in [2.24, 2.45) is 17.6 Å². The zero-order chi connectivity index (χ0) is 11.4. The summed E-state index contributed by atoms with van der Waals surface area (Å²) < 4.78 is 5.28. The Labute approximate surface area is 97.1 Å². The molecule has 0 aliphatic carbocycles. The Kier molecular flexibility index (Phi) is 4.18. The summed E-state index contributed by atoms with van der Waals surface area (Å²) in [6, 6.07) is 0. The smallest absolute Gasteiger partial charge is 0.225 e. The van der Waals surface area contributed by atoms with Crippen molar-refractivity contribution in [1.82, 2.24) is 4.90 Å². The molecule has 2 rings (SSSR count). The van der Waals surface area contributed by atoms with Crippen molar-refractivity contribution < 1.29 is 9.53 Å². The van der Waals surface area contributed by atoms with Crippen LogP contribution in [0.4, 0.5) is 0 Å². The molecule has 2 aliphatic heterocycles. The van der Waals surface area contributed by atoms with Crippen LogP contribution in [0.3, 0.4) is 0 Å². The number of carbonyl (C=O) groups excluding carboxylic acids is 1. The molecule has 92 valence electrons. The third-order valence-electron chi connectivity index (χ3n) is 3.74. The average Bonchev–Trinajstić information content (AvgIpc) is 2.78. The van der Waals surface area contributed by atoms with Gasteiger partial charge in [0.25, 0.3) is 0 Å². The maximum Gasteiger partial charge on any atom is 0.225 e.